The van der Waals surface area contributed by atoms with E-state index in [0.717, 1.165) is 0 Å². The monoisotopic (exact) mass is 498 g/mol. The molecule has 0 spiro atoms. The van der Waals surface area contributed by atoms with E-state index in [1.165, 1.54) is 4.90 Å². The highest BCUT2D eigenvalue weighted by Crippen LogP contribution is 2.33. The molecule has 1 aliphatic heterocycles. The van der Waals surface area contributed by atoms with Gasteiger partial charge in [0.15, 0.2) is 6.61 Å². The molecule has 0 radical (unpaired) electrons. The molecule has 1 aliphatic rings. The fourth-order valence-corrected chi connectivity index (χ4v) is 3.86. The van der Waals surface area contributed by atoms with Crippen molar-refractivity contribution in [1.29, 1.82) is 0 Å². The maximum absolute atomic E-state index is 12.4. The number of hydrogen-bond donors (Lipinski definition) is 1. The van der Waals surface area contributed by atoms with Crippen LogP contribution in [0.2, 0.25) is 10.0 Å². The minimum Gasteiger partial charge on any atom is -0.457 e. The van der Waals surface area contributed by atoms with E-state index >= 15 is 0 Å². The van der Waals surface area contributed by atoms with Gasteiger partial charge >= 0.3 is 5.97 Å². The summed E-state index contributed by atoms with van der Waals surface area (Å²) in [5.74, 6) is -0.781. The number of benzene rings is 3. The fraction of sp³-hybridized carbons (Fsp3) is 0.160. The van der Waals surface area contributed by atoms with Gasteiger partial charge in [0, 0.05) is 23.7 Å². The van der Waals surface area contributed by atoms with Gasteiger partial charge < -0.3 is 19.7 Å². The maximum Gasteiger partial charge on any atom is 0.311 e. The number of para-hydroxylation sites is 1. The molecule has 7 nitrogen and oxygen atoms in total. The van der Waals surface area contributed by atoms with Crippen LogP contribution in [0.3, 0.4) is 0 Å². The fourth-order valence-electron chi connectivity index (χ4n) is 3.47. The van der Waals surface area contributed by atoms with Gasteiger partial charge in [-0.1, -0.05) is 41.4 Å². The molecule has 9 heteroatoms. The molecule has 3 aromatic rings. The molecule has 34 heavy (non-hydrogen) atoms. The van der Waals surface area contributed by atoms with Gasteiger partial charge in [0.05, 0.1) is 16.6 Å². The highest BCUT2D eigenvalue weighted by molar-refractivity contribution is 6.35. The first-order chi connectivity index (χ1) is 16.4. The van der Waals surface area contributed by atoms with Crippen LogP contribution in [0, 0.1) is 5.92 Å². The van der Waals surface area contributed by atoms with Crippen molar-refractivity contribution in [1.82, 2.24) is 0 Å². The predicted molar refractivity (Wildman–Crippen MR) is 129 cm³/mol. The van der Waals surface area contributed by atoms with Crippen LogP contribution in [-0.2, 0) is 19.1 Å². The summed E-state index contributed by atoms with van der Waals surface area (Å²) in [7, 11) is 0. The lowest BCUT2D eigenvalue weighted by Crippen LogP contribution is -2.28. The summed E-state index contributed by atoms with van der Waals surface area (Å²) in [6, 6.07) is 20.9. The Kier molecular flexibility index (Phi) is 7.35. The van der Waals surface area contributed by atoms with Crippen LogP contribution < -0.4 is 15.0 Å². The van der Waals surface area contributed by atoms with Gasteiger partial charge in [0.1, 0.15) is 11.5 Å². The molecular formula is C25H20Cl2N2O5. The third-order valence-corrected chi connectivity index (χ3v) is 5.67. The Balaban J connectivity index is 1.26. The minimum atomic E-state index is -0.704. The molecule has 1 saturated heterocycles. The smallest absolute Gasteiger partial charge is 0.311 e. The number of carbonyl (C=O) groups is 3. The third-order valence-electron chi connectivity index (χ3n) is 5.12. The van der Waals surface area contributed by atoms with E-state index in [-0.39, 0.29) is 18.9 Å². The molecule has 174 valence electrons. The molecule has 3 aromatic carbocycles. The predicted octanol–water partition coefficient (Wildman–Crippen LogP) is 5.32. The van der Waals surface area contributed by atoms with Crippen LogP contribution >= 0.6 is 23.2 Å². The molecule has 0 aliphatic carbocycles. The molecule has 1 N–H and O–H groups in total. The Morgan fingerprint density at radius 2 is 1.68 bits per heavy atom. The summed E-state index contributed by atoms with van der Waals surface area (Å²) in [6.07, 6.45) is -0.0355. The van der Waals surface area contributed by atoms with E-state index in [1.54, 1.807) is 42.5 Å². The second-order valence-electron chi connectivity index (χ2n) is 7.60. The quantitative estimate of drug-likeness (QED) is 0.445. The topological polar surface area (TPSA) is 84.9 Å². The lowest BCUT2D eigenvalue weighted by molar-refractivity contribution is -0.151. The van der Waals surface area contributed by atoms with Gasteiger partial charge in [0.2, 0.25) is 5.91 Å². The number of halogens is 2. The third kappa shape index (κ3) is 5.87. The molecule has 4 rings (SSSR count). The first-order valence-electron chi connectivity index (χ1n) is 10.4. The second kappa shape index (κ2) is 10.6. The number of ether oxygens (including phenoxy) is 2. The number of esters is 1. The summed E-state index contributed by atoms with van der Waals surface area (Å²) in [5, 5.41) is 3.43. The largest absolute Gasteiger partial charge is 0.457 e. The van der Waals surface area contributed by atoms with E-state index in [0.29, 0.717) is 32.9 Å². The summed E-state index contributed by atoms with van der Waals surface area (Å²) >= 11 is 12.2. The van der Waals surface area contributed by atoms with Crippen molar-refractivity contribution in [2.24, 2.45) is 5.92 Å². The Morgan fingerprint density at radius 1 is 0.971 bits per heavy atom. The average Bonchev–Trinajstić information content (AvgIpc) is 3.22. The van der Waals surface area contributed by atoms with Crippen molar-refractivity contribution in [2.75, 3.05) is 23.4 Å². The van der Waals surface area contributed by atoms with Crippen molar-refractivity contribution < 1.29 is 23.9 Å². The van der Waals surface area contributed by atoms with Crippen LogP contribution in [0.25, 0.3) is 0 Å². The zero-order valence-corrected chi connectivity index (χ0v) is 19.4. The number of carbonyl (C=O) groups excluding carboxylic acids is 3. The summed E-state index contributed by atoms with van der Waals surface area (Å²) in [4.78, 5) is 38.5. The molecule has 0 unspecified atom stereocenters. The summed E-state index contributed by atoms with van der Waals surface area (Å²) in [5.41, 5.74) is 0.964. The van der Waals surface area contributed by atoms with Crippen LogP contribution in [-0.4, -0.2) is 30.9 Å². The molecule has 0 bridgehead atoms. The summed E-state index contributed by atoms with van der Waals surface area (Å²) in [6.45, 7) is -0.369. The van der Waals surface area contributed by atoms with E-state index in [9.17, 15) is 14.4 Å². The Hall–Kier alpha value is -3.55. The van der Waals surface area contributed by atoms with E-state index in [4.69, 9.17) is 32.7 Å². The summed E-state index contributed by atoms with van der Waals surface area (Å²) < 4.78 is 10.8. The Bertz CT molecular complexity index is 1200. The normalized spacial score (nSPS) is 15.2. The SMILES string of the molecule is O=C(COC(=O)[C@@H]1CC(=O)N(c2cc(Cl)ccc2Cl)C1)Nc1ccc(Oc2ccccc2)cc1. The Labute approximate surface area is 206 Å². The van der Waals surface area contributed by atoms with Crippen molar-refractivity contribution in [2.45, 2.75) is 6.42 Å². The van der Waals surface area contributed by atoms with Gasteiger partial charge in [-0.05, 0) is 54.6 Å². The first kappa shape index (κ1) is 23.6. The zero-order chi connectivity index (χ0) is 24.1. The minimum absolute atomic E-state index is 0.0355. The number of amides is 2. The molecule has 1 atom stereocenters. The molecule has 1 fully saturated rings. The van der Waals surface area contributed by atoms with Crippen molar-refractivity contribution in [3.05, 3.63) is 82.8 Å². The molecular weight excluding hydrogens is 479 g/mol. The Morgan fingerprint density at radius 3 is 2.41 bits per heavy atom. The number of rotatable bonds is 7. The first-order valence-corrected chi connectivity index (χ1v) is 11.2. The zero-order valence-electron chi connectivity index (χ0n) is 17.9. The highest BCUT2D eigenvalue weighted by Gasteiger charge is 2.37. The van der Waals surface area contributed by atoms with Crippen molar-refractivity contribution in [3.8, 4) is 11.5 Å². The molecule has 0 aromatic heterocycles. The van der Waals surface area contributed by atoms with Gasteiger partial charge in [-0.15, -0.1) is 0 Å². The standard InChI is InChI=1S/C25H20Cl2N2O5/c26-17-6-11-21(27)22(13-17)29-14-16(12-24(29)31)25(32)33-15-23(30)28-18-7-9-20(10-8-18)34-19-4-2-1-3-5-19/h1-11,13,16H,12,14-15H2,(H,28,30)/t16-/m1/s1. The second-order valence-corrected chi connectivity index (χ2v) is 8.44. The van der Waals surface area contributed by atoms with Crippen LogP contribution in [0.5, 0.6) is 11.5 Å². The number of nitrogens with one attached hydrogen (secondary N) is 1. The highest BCUT2D eigenvalue weighted by atomic mass is 35.5. The van der Waals surface area contributed by atoms with Crippen LogP contribution in [0.1, 0.15) is 6.42 Å². The molecule has 1 heterocycles. The maximum atomic E-state index is 12.4. The van der Waals surface area contributed by atoms with E-state index in [2.05, 4.69) is 5.32 Å². The van der Waals surface area contributed by atoms with Crippen LogP contribution in [0.15, 0.2) is 72.8 Å². The average molecular weight is 499 g/mol. The number of nitrogens with zero attached hydrogens (tertiary/aromatic N) is 1. The number of anilines is 2. The van der Waals surface area contributed by atoms with Gasteiger partial charge in [0.25, 0.3) is 5.91 Å². The van der Waals surface area contributed by atoms with Gasteiger partial charge in [-0.25, -0.2) is 0 Å². The van der Waals surface area contributed by atoms with E-state index < -0.39 is 24.4 Å². The lowest BCUT2D eigenvalue weighted by atomic mass is 10.1. The number of hydrogen-bond acceptors (Lipinski definition) is 5. The van der Waals surface area contributed by atoms with E-state index in [1.807, 2.05) is 30.3 Å². The molecule has 0 saturated carbocycles. The van der Waals surface area contributed by atoms with Crippen LogP contribution in [0.4, 0.5) is 11.4 Å². The lowest BCUT2D eigenvalue weighted by Gasteiger charge is -2.18. The molecule has 2 amide bonds. The van der Waals surface area contributed by atoms with Gasteiger partial charge in [-0.3, -0.25) is 14.4 Å². The van der Waals surface area contributed by atoms with Gasteiger partial charge in [-0.2, -0.15) is 0 Å². The van der Waals surface area contributed by atoms with Crippen molar-refractivity contribution in [3.63, 3.8) is 0 Å². The van der Waals surface area contributed by atoms with Crippen molar-refractivity contribution >= 4 is 52.4 Å².